The third-order valence-electron chi connectivity index (χ3n) is 1.02. The molecule has 0 fully saturated rings. The van der Waals surface area contributed by atoms with E-state index in [4.69, 9.17) is 0 Å². The largest absolute Gasteiger partial charge is 0.298 e. The van der Waals surface area contributed by atoms with E-state index in [0.29, 0.717) is 5.57 Å². The summed E-state index contributed by atoms with van der Waals surface area (Å²) in [4.78, 5) is 10.1. The van der Waals surface area contributed by atoms with Crippen molar-refractivity contribution in [3.63, 3.8) is 0 Å². The van der Waals surface area contributed by atoms with E-state index in [1.807, 2.05) is 25.2 Å². The zero-order valence-electron chi connectivity index (χ0n) is 6.67. The molecule has 11 heavy (non-hydrogen) atoms. The molecule has 0 rings (SSSR count). The number of rotatable bonds is 3. The predicted molar refractivity (Wildman–Crippen MR) is 51.6 cm³/mol. The maximum atomic E-state index is 10.1. The van der Waals surface area contributed by atoms with Crippen LogP contribution >= 0.6 is 15.9 Å². The number of hydrogen-bond acceptors (Lipinski definition) is 1. The Morgan fingerprint density at radius 2 is 2.00 bits per heavy atom. The van der Waals surface area contributed by atoms with E-state index in [9.17, 15) is 4.79 Å². The summed E-state index contributed by atoms with van der Waals surface area (Å²) in [7, 11) is 0. The molecule has 1 nitrogen and oxygen atoms in total. The van der Waals surface area contributed by atoms with Gasteiger partial charge in [0.05, 0.1) is 0 Å². The van der Waals surface area contributed by atoms with Crippen LogP contribution in [0.1, 0.15) is 13.8 Å². The summed E-state index contributed by atoms with van der Waals surface area (Å²) in [5.41, 5.74) is 0.714. The van der Waals surface area contributed by atoms with Crippen LogP contribution in [0.4, 0.5) is 0 Å². The van der Waals surface area contributed by atoms with Crippen LogP contribution in [0.2, 0.25) is 0 Å². The monoisotopic (exact) mass is 214 g/mol. The number of carbonyl (C=O) groups excluding carboxylic acids is 1. The second kappa shape index (κ2) is 6.10. The van der Waals surface area contributed by atoms with E-state index < -0.39 is 0 Å². The lowest BCUT2D eigenvalue weighted by atomic mass is 10.3. The number of carbonyl (C=O) groups is 1. The first kappa shape index (κ1) is 10.4. The van der Waals surface area contributed by atoms with Gasteiger partial charge >= 0.3 is 0 Å². The first-order chi connectivity index (χ1) is 5.20. The fraction of sp³-hybridized carbons (Fsp3) is 0.222. The van der Waals surface area contributed by atoms with Gasteiger partial charge in [0.15, 0.2) is 0 Å². The molecule has 0 atom stereocenters. The van der Waals surface area contributed by atoms with Gasteiger partial charge in [0.25, 0.3) is 0 Å². The molecule has 0 aliphatic heterocycles. The van der Waals surface area contributed by atoms with Gasteiger partial charge in [0, 0.05) is 4.48 Å². The average Bonchev–Trinajstić information content (AvgIpc) is 2.01. The second-order valence-electron chi connectivity index (χ2n) is 2.08. The van der Waals surface area contributed by atoms with Crippen molar-refractivity contribution in [1.82, 2.24) is 0 Å². The summed E-state index contributed by atoms with van der Waals surface area (Å²) < 4.78 is 0.959. The highest BCUT2D eigenvalue weighted by Crippen LogP contribution is 2.06. The Bertz CT molecular complexity index is 212. The number of allylic oxidation sites excluding steroid dienone is 6. The molecule has 2 heteroatoms. The van der Waals surface area contributed by atoms with E-state index in [1.54, 1.807) is 13.0 Å². The van der Waals surface area contributed by atoms with Crippen LogP contribution in [0.25, 0.3) is 0 Å². The van der Waals surface area contributed by atoms with Gasteiger partial charge in [-0.05, 0) is 25.5 Å². The van der Waals surface area contributed by atoms with Crippen molar-refractivity contribution < 1.29 is 4.79 Å². The molecule has 0 aliphatic carbocycles. The first-order valence-electron chi connectivity index (χ1n) is 3.32. The zero-order valence-corrected chi connectivity index (χ0v) is 8.26. The van der Waals surface area contributed by atoms with Crippen LogP contribution in [0.3, 0.4) is 0 Å². The standard InChI is InChI=1S/C9H11BrO/c1-3-4-9(10)6-5-8(2)7-11/h3-7H,1-2H3/b4-3?,8-5+,9-6+. The molecular weight excluding hydrogens is 204 g/mol. The third kappa shape index (κ3) is 5.80. The fourth-order valence-corrected chi connectivity index (χ4v) is 0.862. The molecule has 0 amide bonds. The summed E-state index contributed by atoms with van der Waals surface area (Å²) >= 11 is 3.31. The van der Waals surface area contributed by atoms with E-state index in [1.165, 1.54) is 0 Å². The second-order valence-corrected chi connectivity index (χ2v) is 3.00. The van der Waals surface area contributed by atoms with Crippen LogP contribution in [-0.4, -0.2) is 6.29 Å². The molecule has 0 bridgehead atoms. The predicted octanol–water partition coefficient (Wildman–Crippen LogP) is 2.99. The van der Waals surface area contributed by atoms with Gasteiger partial charge in [0.1, 0.15) is 6.29 Å². The van der Waals surface area contributed by atoms with Crippen LogP contribution in [0, 0.1) is 0 Å². The van der Waals surface area contributed by atoms with Crippen molar-refractivity contribution in [1.29, 1.82) is 0 Å². The fourth-order valence-electron chi connectivity index (χ4n) is 0.465. The minimum atomic E-state index is 0.714. The molecular formula is C9H11BrO. The molecule has 0 unspecified atom stereocenters. The van der Waals surface area contributed by atoms with Crippen LogP contribution < -0.4 is 0 Å². The Morgan fingerprint density at radius 3 is 2.45 bits per heavy atom. The van der Waals surface area contributed by atoms with Crippen molar-refractivity contribution in [3.8, 4) is 0 Å². The van der Waals surface area contributed by atoms with Crippen molar-refractivity contribution in [2.75, 3.05) is 0 Å². The Hall–Kier alpha value is -0.630. The summed E-state index contributed by atoms with van der Waals surface area (Å²) in [5, 5.41) is 0. The highest BCUT2D eigenvalue weighted by Gasteiger charge is 1.82. The minimum absolute atomic E-state index is 0.714. The number of aldehydes is 1. The lowest BCUT2D eigenvalue weighted by Gasteiger charge is -1.85. The molecule has 0 N–H and O–H groups in total. The Kier molecular flexibility index (Phi) is 5.75. The third-order valence-corrected chi connectivity index (χ3v) is 1.55. The van der Waals surface area contributed by atoms with E-state index in [0.717, 1.165) is 10.8 Å². The molecule has 0 saturated heterocycles. The molecule has 0 radical (unpaired) electrons. The lowest BCUT2D eigenvalue weighted by molar-refractivity contribution is -0.104. The van der Waals surface area contributed by atoms with Gasteiger partial charge in [-0.15, -0.1) is 0 Å². The Labute approximate surface area is 75.6 Å². The van der Waals surface area contributed by atoms with Crippen molar-refractivity contribution in [2.45, 2.75) is 13.8 Å². The van der Waals surface area contributed by atoms with Gasteiger partial charge in [-0.1, -0.05) is 34.2 Å². The van der Waals surface area contributed by atoms with Crippen LogP contribution in [-0.2, 0) is 4.79 Å². The molecule has 0 aromatic rings. The van der Waals surface area contributed by atoms with E-state index >= 15 is 0 Å². The van der Waals surface area contributed by atoms with Gasteiger partial charge < -0.3 is 0 Å². The molecule has 0 aromatic carbocycles. The van der Waals surface area contributed by atoms with Crippen LogP contribution in [0.15, 0.2) is 34.4 Å². The highest BCUT2D eigenvalue weighted by molar-refractivity contribution is 9.11. The quantitative estimate of drug-likeness (QED) is 0.401. The van der Waals surface area contributed by atoms with Gasteiger partial charge in [-0.25, -0.2) is 0 Å². The highest BCUT2D eigenvalue weighted by atomic mass is 79.9. The SMILES string of the molecule is CC=C/C(Br)=C\C=C(/C)C=O. The number of halogens is 1. The minimum Gasteiger partial charge on any atom is -0.298 e. The average molecular weight is 215 g/mol. The summed E-state index contributed by atoms with van der Waals surface area (Å²) in [6.45, 7) is 3.70. The molecule has 0 saturated carbocycles. The van der Waals surface area contributed by atoms with E-state index in [2.05, 4.69) is 15.9 Å². The zero-order chi connectivity index (χ0) is 8.69. The smallest absolute Gasteiger partial charge is 0.145 e. The van der Waals surface area contributed by atoms with Crippen molar-refractivity contribution in [2.24, 2.45) is 0 Å². The summed E-state index contributed by atoms with van der Waals surface area (Å²) in [5.74, 6) is 0. The maximum Gasteiger partial charge on any atom is 0.145 e. The first-order valence-corrected chi connectivity index (χ1v) is 4.12. The molecule has 0 aliphatic rings. The Balaban J connectivity index is 4.21. The summed E-state index contributed by atoms with van der Waals surface area (Å²) in [6, 6.07) is 0. The summed E-state index contributed by atoms with van der Waals surface area (Å²) in [6.07, 6.45) is 8.26. The van der Waals surface area contributed by atoms with Crippen molar-refractivity contribution >= 4 is 22.2 Å². The Morgan fingerprint density at radius 1 is 1.36 bits per heavy atom. The molecule has 0 aromatic heterocycles. The van der Waals surface area contributed by atoms with Gasteiger partial charge in [0.2, 0.25) is 0 Å². The van der Waals surface area contributed by atoms with Crippen LogP contribution in [0.5, 0.6) is 0 Å². The van der Waals surface area contributed by atoms with E-state index in [-0.39, 0.29) is 0 Å². The molecule has 0 spiro atoms. The van der Waals surface area contributed by atoms with Crippen molar-refractivity contribution in [3.05, 3.63) is 34.4 Å². The normalized spacial score (nSPS) is 14.1. The number of hydrogen-bond donors (Lipinski definition) is 0. The van der Waals surface area contributed by atoms with Gasteiger partial charge in [-0.2, -0.15) is 0 Å². The lowest BCUT2D eigenvalue weighted by Crippen LogP contribution is -1.72. The van der Waals surface area contributed by atoms with Gasteiger partial charge in [-0.3, -0.25) is 4.79 Å². The topological polar surface area (TPSA) is 17.1 Å². The molecule has 60 valence electrons. The maximum absolute atomic E-state index is 10.1. The molecule has 0 heterocycles.